The first kappa shape index (κ1) is 44.7. The third-order valence-electron chi connectivity index (χ3n) is 9.42. The SMILES string of the molecule is Cc1c(COc2cc(OCc3cncc(C#N)c3)c(CNCC(O)CC(=O)O)cc2Cl)cccc1-c1cccc(NC(=O)c2ccc(CNCC(O)CC(=O)O)cn2)c1C. The molecule has 0 fully saturated rings. The van der Waals surface area contributed by atoms with Crippen LogP contribution in [-0.2, 0) is 35.9 Å². The Morgan fingerprint density at radius 3 is 2.10 bits per heavy atom. The van der Waals surface area contributed by atoms with Crippen LogP contribution in [0.2, 0.25) is 5.02 Å². The quantitative estimate of drug-likeness (QED) is 0.0481. The molecule has 3 aromatic carbocycles. The molecule has 2 atom stereocenters. The summed E-state index contributed by atoms with van der Waals surface area (Å²) in [5.41, 5.74) is 7.77. The van der Waals surface area contributed by atoms with Crippen LogP contribution in [0.3, 0.4) is 0 Å². The van der Waals surface area contributed by atoms with Gasteiger partial charge in [0, 0.05) is 67.7 Å². The lowest BCUT2D eigenvalue weighted by Gasteiger charge is -2.18. The number of aliphatic carboxylic acids is 2. The van der Waals surface area contributed by atoms with Gasteiger partial charge in [0.15, 0.2) is 0 Å². The van der Waals surface area contributed by atoms with Crippen molar-refractivity contribution in [3.8, 4) is 28.7 Å². The molecule has 5 rings (SSSR count). The van der Waals surface area contributed by atoms with E-state index in [1.165, 1.54) is 6.20 Å². The standard InChI is InChI=1S/C44H45ClN6O9/c1-26-31(25-60-41-15-40(59-24-30-11-29(16-46)18-47-19-30)32(12-37(41)45)21-49-23-34(53)14-43(56)57)5-3-6-35(26)36-7-4-8-38(27(36)2)51-44(58)39-10-9-28(20-50-39)17-48-22-33(52)13-42(54)55/h3-12,15,18-20,33-34,48-49,52-53H,13-14,17,21-25H2,1-2H3,(H,51,58)(H,54,55)(H,56,57). The molecule has 2 heterocycles. The van der Waals surface area contributed by atoms with Crippen molar-refractivity contribution in [1.82, 2.24) is 20.6 Å². The minimum absolute atomic E-state index is 0.0255. The van der Waals surface area contributed by atoms with Crippen LogP contribution in [0.15, 0.2) is 85.3 Å². The monoisotopic (exact) mass is 836 g/mol. The smallest absolute Gasteiger partial charge is 0.306 e. The third kappa shape index (κ3) is 12.8. The van der Waals surface area contributed by atoms with E-state index in [1.807, 2.05) is 50.2 Å². The number of pyridine rings is 2. The number of nitriles is 1. The zero-order chi connectivity index (χ0) is 43.2. The second-order valence-electron chi connectivity index (χ2n) is 14.0. The topological polar surface area (TPSA) is 236 Å². The number of benzene rings is 3. The highest BCUT2D eigenvalue weighted by Crippen LogP contribution is 2.36. The molecule has 16 heteroatoms. The van der Waals surface area contributed by atoms with Crippen molar-refractivity contribution in [3.05, 3.63) is 135 Å². The van der Waals surface area contributed by atoms with E-state index in [2.05, 4.69) is 32.0 Å². The molecule has 15 nitrogen and oxygen atoms in total. The van der Waals surface area contributed by atoms with Crippen LogP contribution in [0.1, 0.15) is 62.3 Å². The fourth-order valence-electron chi connectivity index (χ4n) is 6.25. The Morgan fingerprint density at radius 2 is 1.43 bits per heavy atom. The predicted octanol–water partition coefficient (Wildman–Crippen LogP) is 5.55. The second-order valence-corrected chi connectivity index (χ2v) is 14.4. The number of rotatable bonds is 21. The average molecular weight is 837 g/mol. The average Bonchev–Trinajstić information content (AvgIpc) is 3.21. The molecule has 0 radical (unpaired) electrons. The molecular formula is C44H45ClN6O9. The molecule has 0 aliphatic heterocycles. The van der Waals surface area contributed by atoms with Crippen molar-refractivity contribution < 1.29 is 44.3 Å². The number of carbonyl (C=O) groups excluding carboxylic acids is 1. The number of carboxylic acids is 2. The summed E-state index contributed by atoms with van der Waals surface area (Å²) in [6.07, 6.45) is 1.73. The molecule has 0 aliphatic carbocycles. The van der Waals surface area contributed by atoms with E-state index in [4.69, 9.17) is 31.3 Å². The van der Waals surface area contributed by atoms with Crippen LogP contribution in [0.4, 0.5) is 5.69 Å². The molecule has 1 amide bonds. The molecule has 312 valence electrons. The number of hydrogen-bond acceptors (Lipinski definition) is 12. The Kier molecular flexibility index (Phi) is 16.1. The summed E-state index contributed by atoms with van der Waals surface area (Å²) in [6, 6.07) is 21.9. The number of halogens is 1. The zero-order valence-corrected chi connectivity index (χ0v) is 33.7. The van der Waals surface area contributed by atoms with E-state index >= 15 is 0 Å². The Bertz CT molecular complexity index is 2350. The Morgan fingerprint density at radius 1 is 0.767 bits per heavy atom. The number of aliphatic hydroxyl groups excluding tert-OH is 2. The summed E-state index contributed by atoms with van der Waals surface area (Å²) in [4.78, 5) is 43.4. The maximum atomic E-state index is 13.2. The van der Waals surface area contributed by atoms with Crippen molar-refractivity contribution in [2.45, 2.75) is 65.2 Å². The normalized spacial score (nSPS) is 11.9. The minimum Gasteiger partial charge on any atom is -0.488 e. The van der Waals surface area contributed by atoms with Gasteiger partial charge in [-0.2, -0.15) is 5.26 Å². The fourth-order valence-corrected chi connectivity index (χ4v) is 6.49. The molecule has 0 bridgehead atoms. The van der Waals surface area contributed by atoms with E-state index < -0.39 is 36.5 Å². The van der Waals surface area contributed by atoms with E-state index in [-0.39, 0.29) is 45.0 Å². The summed E-state index contributed by atoms with van der Waals surface area (Å²) in [7, 11) is 0. The van der Waals surface area contributed by atoms with Gasteiger partial charge in [0.2, 0.25) is 0 Å². The lowest BCUT2D eigenvalue weighted by atomic mass is 9.93. The minimum atomic E-state index is -1.11. The fraction of sp³-hybridized carbons (Fsp3) is 0.273. The number of aliphatic hydroxyl groups is 2. The van der Waals surface area contributed by atoms with Gasteiger partial charge in [-0.05, 0) is 71.5 Å². The molecule has 0 saturated heterocycles. The highest BCUT2D eigenvalue weighted by molar-refractivity contribution is 6.32. The summed E-state index contributed by atoms with van der Waals surface area (Å²) in [5.74, 6) is -1.81. The number of carbonyl (C=O) groups is 3. The summed E-state index contributed by atoms with van der Waals surface area (Å²) < 4.78 is 12.4. The molecule has 0 spiro atoms. The van der Waals surface area contributed by atoms with Crippen LogP contribution in [-0.4, -0.2) is 73.5 Å². The summed E-state index contributed by atoms with van der Waals surface area (Å²) in [6.45, 7) is 4.82. The van der Waals surface area contributed by atoms with Crippen molar-refractivity contribution in [2.24, 2.45) is 0 Å². The number of nitrogens with zero attached hydrogens (tertiary/aromatic N) is 3. The molecule has 60 heavy (non-hydrogen) atoms. The van der Waals surface area contributed by atoms with Gasteiger partial charge in [-0.3, -0.25) is 24.4 Å². The number of carboxylic acid groups (broad SMARTS) is 2. The van der Waals surface area contributed by atoms with Crippen LogP contribution in [0.25, 0.3) is 11.1 Å². The summed E-state index contributed by atoms with van der Waals surface area (Å²) >= 11 is 6.73. The predicted molar refractivity (Wildman–Crippen MR) is 223 cm³/mol. The molecule has 5 aromatic rings. The molecular weight excluding hydrogens is 792 g/mol. The second kappa shape index (κ2) is 21.6. The molecule has 0 aliphatic rings. The molecule has 0 saturated carbocycles. The van der Waals surface area contributed by atoms with E-state index in [1.54, 1.807) is 42.7 Å². The lowest BCUT2D eigenvalue weighted by Crippen LogP contribution is -2.28. The molecule has 2 unspecified atom stereocenters. The largest absolute Gasteiger partial charge is 0.488 e. The van der Waals surface area contributed by atoms with Gasteiger partial charge in [-0.1, -0.05) is 48.0 Å². The number of hydrogen-bond donors (Lipinski definition) is 7. The number of nitrogens with one attached hydrogen (secondary N) is 3. The number of anilines is 1. The molecule has 2 aromatic heterocycles. The number of aromatic nitrogens is 2. The van der Waals surface area contributed by atoms with Gasteiger partial charge in [0.1, 0.15) is 36.5 Å². The third-order valence-corrected chi connectivity index (χ3v) is 9.71. The number of ether oxygens (including phenoxy) is 2. The zero-order valence-electron chi connectivity index (χ0n) is 32.9. The van der Waals surface area contributed by atoms with Gasteiger partial charge in [-0.25, -0.2) is 0 Å². The van der Waals surface area contributed by atoms with Crippen molar-refractivity contribution in [1.29, 1.82) is 5.26 Å². The van der Waals surface area contributed by atoms with Gasteiger partial charge in [-0.15, -0.1) is 0 Å². The first-order valence-electron chi connectivity index (χ1n) is 18.9. The van der Waals surface area contributed by atoms with Crippen LogP contribution in [0.5, 0.6) is 11.5 Å². The van der Waals surface area contributed by atoms with Crippen LogP contribution >= 0.6 is 11.6 Å². The summed E-state index contributed by atoms with van der Waals surface area (Å²) in [5, 5.41) is 56.1. The Labute approximate surface area is 351 Å². The van der Waals surface area contributed by atoms with Gasteiger partial charge in [0.25, 0.3) is 5.91 Å². The number of amides is 1. The highest BCUT2D eigenvalue weighted by Gasteiger charge is 2.17. The Balaban J connectivity index is 1.28. The maximum absolute atomic E-state index is 13.2. The van der Waals surface area contributed by atoms with Crippen LogP contribution < -0.4 is 25.4 Å². The van der Waals surface area contributed by atoms with Gasteiger partial charge in [0.05, 0.1) is 35.6 Å². The van der Waals surface area contributed by atoms with Crippen molar-refractivity contribution in [2.75, 3.05) is 18.4 Å². The Hall–Kier alpha value is -6.41. The lowest BCUT2D eigenvalue weighted by molar-refractivity contribution is -0.140. The first-order chi connectivity index (χ1) is 28.8. The van der Waals surface area contributed by atoms with Gasteiger partial charge >= 0.3 is 11.9 Å². The highest BCUT2D eigenvalue weighted by atomic mass is 35.5. The van der Waals surface area contributed by atoms with E-state index in [0.29, 0.717) is 45.4 Å². The van der Waals surface area contributed by atoms with Crippen molar-refractivity contribution in [3.63, 3.8) is 0 Å². The molecule has 7 N–H and O–H groups in total. The maximum Gasteiger partial charge on any atom is 0.306 e. The van der Waals surface area contributed by atoms with E-state index in [9.17, 15) is 29.9 Å². The first-order valence-corrected chi connectivity index (χ1v) is 19.3. The van der Waals surface area contributed by atoms with Gasteiger partial charge < -0.3 is 45.9 Å². The van der Waals surface area contributed by atoms with Crippen LogP contribution in [0, 0.1) is 25.2 Å². The van der Waals surface area contributed by atoms with E-state index in [0.717, 1.165) is 33.4 Å². The van der Waals surface area contributed by atoms with Crippen molar-refractivity contribution >= 4 is 35.1 Å².